The minimum absolute atomic E-state index is 0.0148. The van der Waals surface area contributed by atoms with Crippen molar-refractivity contribution in [3.63, 3.8) is 0 Å². The summed E-state index contributed by atoms with van der Waals surface area (Å²) in [5.41, 5.74) is 4.24. The number of amides is 2. The van der Waals surface area contributed by atoms with E-state index in [2.05, 4.69) is 0 Å². The first-order valence-electron chi connectivity index (χ1n) is 5.81. The molecule has 1 saturated heterocycles. The molecule has 20 heavy (non-hydrogen) atoms. The number of nitrogens with two attached hydrogens (primary N) is 1. The molecule has 0 spiro atoms. The van der Waals surface area contributed by atoms with E-state index in [1.54, 1.807) is 0 Å². The van der Waals surface area contributed by atoms with Crippen LogP contribution in [0.15, 0.2) is 18.2 Å². The monoisotopic (exact) mass is 308 g/mol. The fourth-order valence-electron chi connectivity index (χ4n) is 1.85. The number of benzene rings is 1. The Kier molecular flexibility index (Phi) is 3.99. The minimum atomic E-state index is -4.44. The summed E-state index contributed by atoms with van der Waals surface area (Å²) in [4.78, 5) is 12.2. The van der Waals surface area contributed by atoms with E-state index >= 15 is 0 Å². The largest absolute Gasteiger partial charge is 0.492 e. The zero-order chi connectivity index (χ0) is 14.9. The zero-order valence-electron chi connectivity index (χ0n) is 10.3. The van der Waals surface area contributed by atoms with Gasteiger partial charge in [0.25, 0.3) is 0 Å². The fourth-order valence-corrected chi connectivity index (χ4v) is 2.03. The van der Waals surface area contributed by atoms with Crippen molar-refractivity contribution in [2.75, 3.05) is 19.7 Å². The minimum Gasteiger partial charge on any atom is -0.492 e. The second-order valence-corrected chi connectivity index (χ2v) is 4.97. The Hall–Kier alpha value is -1.63. The predicted molar refractivity (Wildman–Crippen MR) is 66.6 cm³/mol. The second kappa shape index (κ2) is 5.40. The van der Waals surface area contributed by atoms with Crippen molar-refractivity contribution in [1.29, 1.82) is 0 Å². The highest BCUT2D eigenvalue weighted by molar-refractivity contribution is 6.32. The Balaban J connectivity index is 1.95. The molecule has 4 nitrogen and oxygen atoms in total. The number of nitrogens with zero attached hydrogens (tertiary/aromatic N) is 1. The second-order valence-electron chi connectivity index (χ2n) is 4.56. The van der Waals surface area contributed by atoms with E-state index in [0.717, 1.165) is 18.2 Å². The summed E-state index contributed by atoms with van der Waals surface area (Å²) in [5, 5.41) is 0.115. The van der Waals surface area contributed by atoms with Crippen molar-refractivity contribution in [2.24, 2.45) is 11.7 Å². The predicted octanol–water partition coefficient (Wildman–Crippen LogP) is 2.75. The molecule has 0 aliphatic carbocycles. The van der Waals surface area contributed by atoms with Gasteiger partial charge in [-0.2, -0.15) is 13.2 Å². The van der Waals surface area contributed by atoms with Crippen LogP contribution in [0.1, 0.15) is 5.56 Å². The highest BCUT2D eigenvalue weighted by Gasteiger charge is 2.32. The molecule has 1 aliphatic heterocycles. The van der Waals surface area contributed by atoms with Crippen LogP contribution in [-0.4, -0.2) is 30.6 Å². The smallest absolute Gasteiger partial charge is 0.416 e. The van der Waals surface area contributed by atoms with Crippen molar-refractivity contribution in [3.8, 4) is 5.75 Å². The van der Waals surface area contributed by atoms with Crippen LogP contribution in [0.2, 0.25) is 5.02 Å². The summed E-state index contributed by atoms with van der Waals surface area (Å²) >= 11 is 5.79. The van der Waals surface area contributed by atoms with E-state index < -0.39 is 17.8 Å². The van der Waals surface area contributed by atoms with Crippen molar-refractivity contribution >= 4 is 17.6 Å². The average Bonchev–Trinajstić information content (AvgIpc) is 2.27. The molecular formula is C12H12ClF3N2O2. The summed E-state index contributed by atoms with van der Waals surface area (Å²) in [5.74, 6) is 0.0344. The zero-order valence-corrected chi connectivity index (χ0v) is 11.0. The number of urea groups is 1. The Morgan fingerprint density at radius 1 is 1.45 bits per heavy atom. The van der Waals surface area contributed by atoms with E-state index in [1.165, 1.54) is 4.90 Å². The fraction of sp³-hybridized carbons (Fsp3) is 0.417. The first-order chi connectivity index (χ1) is 9.27. The van der Waals surface area contributed by atoms with Crippen LogP contribution < -0.4 is 10.5 Å². The van der Waals surface area contributed by atoms with Crippen LogP contribution in [0.5, 0.6) is 5.75 Å². The van der Waals surface area contributed by atoms with Crippen LogP contribution in [0, 0.1) is 5.92 Å². The van der Waals surface area contributed by atoms with Crippen molar-refractivity contribution in [2.45, 2.75) is 6.18 Å². The van der Waals surface area contributed by atoms with Crippen LogP contribution in [0.4, 0.5) is 18.0 Å². The topological polar surface area (TPSA) is 55.6 Å². The number of primary amides is 1. The van der Waals surface area contributed by atoms with Crippen molar-refractivity contribution in [3.05, 3.63) is 28.8 Å². The molecule has 1 aromatic carbocycles. The van der Waals surface area contributed by atoms with E-state index in [1.807, 2.05) is 0 Å². The van der Waals surface area contributed by atoms with Crippen molar-refractivity contribution in [1.82, 2.24) is 4.90 Å². The number of hydrogen-bond donors (Lipinski definition) is 1. The highest BCUT2D eigenvalue weighted by atomic mass is 35.5. The Bertz CT molecular complexity index is 516. The standard InChI is InChI=1S/C12H12ClF3N2O2/c13-9-2-1-8(12(14,15)16)3-10(9)20-6-7-4-18(5-7)11(17)19/h1-3,7H,4-6H2,(H2,17,19). The van der Waals surface area contributed by atoms with Gasteiger partial charge < -0.3 is 15.4 Å². The van der Waals surface area contributed by atoms with Crippen LogP contribution in [0.3, 0.4) is 0 Å². The van der Waals surface area contributed by atoms with Crippen molar-refractivity contribution < 1.29 is 22.7 Å². The third-order valence-electron chi connectivity index (χ3n) is 3.00. The van der Waals surface area contributed by atoms with Gasteiger partial charge in [-0.05, 0) is 18.2 Å². The van der Waals surface area contributed by atoms with E-state index in [0.29, 0.717) is 13.1 Å². The Morgan fingerprint density at radius 2 is 2.10 bits per heavy atom. The summed E-state index contributed by atoms with van der Waals surface area (Å²) in [7, 11) is 0. The van der Waals surface area contributed by atoms with Gasteiger partial charge >= 0.3 is 12.2 Å². The normalized spacial score (nSPS) is 15.9. The SMILES string of the molecule is NC(=O)N1CC(COc2cc(C(F)(F)F)ccc2Cl)C1. The number of ether oxygens (including phenoxy) is 1. The lowest BCUT2D eigenvalue weighted by molar-refractivity contribution is -0.137. The lowest BCUT2D eigenvalue weighted by Gasteiger charge is -2.37. The van der Waals surface area contributed by atoms with Crippen LogP contribution in [0.25, 0.3) is 0 Å². The highest BCUT2D eigenvalue weighted by Crippen LogP contribution is 2.35. The number of likely N-dealkylation sites (tertiary alicyclic amines) is 1. The quantitative estimate of drug-likeness (QED) is 0.933. The van der Waals surface area contributed by atoms with Gasteiger partial charge in [-0.1, -0.05) is 11.6 Å². The van der Waals surface area contributed by atoms with Gasteiger partial charge in [0.1, 0.15) is 5.75 Å². The first kappa shape index (κ1) is 14.8. The van der Waals surface area contributed by atoms with E-state index in [9.17, 15) is 18.0 Å². The first-order valence-corrected chi connectivity index (χ1v) is 6.19. The van der Waals surface area contributed by atoms with Gasteiger partial charge in [0.05, 0.1) is 17.2 Å². The number of alkyl halides is 3. The molecule has 0 saturated carbocycles. The third-order valence-corrected chi connectivity index (χ3v) is 3.31. The molecule has 1 aromatic rings. The number of carbonyl (C=O) groups is 1. The maximum atomic E-state index is 12.6. The molecule has 2 amide bonds. The lowest BCUT2D eigenvalue weighted by Crippen LogP contribution is -2.54. The van der Waals surface area contributed by atoms with Crippen LogP contribution >= 0.6 is 11.6 Å². The number of carbonyl (C=O) groups excluding carboxylic acids is 1. The maximum Gasteiger partial charge on any atom is 0.416 e. The van der Waals surface area contributed by atoms with Gasteiger partial charge in [-0.25, -0.2) is 4.79 Å². The molecule has 1 fully saturated rings. The number of hydrogen-bond acceptors (Lipinski definition) is 2. The van der Waals surface area contributed by atoms with Gasteiger partial charge in [-0.15, -0.1) is 0 Å². The van der Waals surface area contributed by atoms with Gasteiger partial charge in [0.15, 0.2) is 0 Å². The Labute approximate surface area is 118 Å². The molecule has 8 heteroatoms. The maximum absolute atomic E-state index is 12.6. The molecule has 1 heterocycles. The van der Waals surface area contributed by atoms with Crippen LogP contribution in [-0.2, 0) is 6.18 Å². The lowest BCUT2D eigenvalue weighted by atomic mass is 10.0. The average molecular weight is 309 g/mol. The summed E-state index contributed by atoms with van der Waals surface area (Å²) in [6.45, 7) is 1.06. The summed E-state index contributed by atoms with van der Waals surface area (Å²) < 4.78 is 43.0. The molecule has 0 atom stereocenters. The molecule has 0 radical (unpaired) electrons. The molecular weight excluding hydrogens is 297 g/mol. The van der Waals surface area contributed by atoms with E-state index in [4.69, 9.17) is 22.1 Å². The third kappa shape index (κ3) is 3.27. The molecule has 0 bridgehead atoms. The Morgan fingerprint density at radius 3 is 2.65 bits per heavy atom. The van der Waals surface area contributed by atoms with Gasteiger partial charge in [0, 0.05) is 19.0 Å². The molecule has 2 rings (SSSR count). The molecule has 2 N–H and O–H groups in total. The molecule has 110 valence electrons. The molecule has 1 aliphatic rings. The number of rotatable bonds is 3. The summed E-state index contributed by atoms with van der Waals surface area (Å²) in [6.07, 6.45) is -4.44. The summed E-state index contributed by atoms with van der Waals surface area (Å²) in [6, 6.07) is 2.40. The number of halogens is 4. The van der Waals surface area contributed by atoms with E-state index in [-0.39, 0.29) is 23.3 Å². The molecule has 0 aromatic heterocycles. The molecule has 0 unspecified atom stereocenters. The van der Waals surface area contributed by atoms with Gasteiger partial charge in [-0.3, -0.25) is 0 Å². The van der Waals surface area contributed by atoms with Gasteiger partial charge in [0.2, 0.25) is 0 Å².